The highest BCUT2D eigenvalue weighted by Crippen LogP contribution is 1.99. The van der Waals surface area contributed by atoms with Crippen LogP contribution >= 0.6 is 23.5 Å². The van der Waals surface area contributed by atoms with Crippen LogP contribution in [0.3, 0.4) is 0 Å². The Bertz CT molecular complexity index is 235. The summed E-state index contributed by atoms with van der Waals surface area (Å²) in [7, 11) is 0. The van der Waals surface area contributed by atoms with Gasteiger partial charge >= 0.3 is 0 Å². The molecule has 0 bridgehead atoms. The summed E-state index contributed by atoms with van der Waals surface area (Å²) in [6, 6.07) is 0. The van der Waals surface area contributed by atoms with E-state index in [0.29, 0.717) is 0 Å². The summed E-state index contributed by atoms with van der Waals surface area (Å²) >= 11 is 3.83. The summed E-state index contributed by atoms with van der Waals surface area (Å²) in [6.07, 6.45) is 8.57. The van der Waals surface area contributed by atoms with Gasteiger partial charge in [0.25, 0.3) is 0 Å². The second-order valence-electron chi connectivity index (χ2n) is 2.78. The predicted octanol–water partition coefficient (Wildman–Crippen LogP) is 1.85. The molecule has 0 radical (unpaired) electrons. The van der Waals surface area contributed by atoms with Crippen molar-refractivity contribution in [3.8, 4) is 0 Å². The molecule has 0 aromatic carbocycles. The number of hydrogen-bond donors (Lipinski definition) is 0. The lowest BCUT2D eigenvalue weighted by Crippen LogP contribution is -2.28. The van der Waals surface area contributed by atoms with Crippen LogP contribution in [0.15, 0.2) is 18.7 Å². The number of aromatic nitrogens is 2. The van der Waals surface area contributed by atoms with Crippen LogP contribution in [0.4, 0.5) is 0 Å². The normalized spacial score (nSPS) is 10.6. The molecule has 13 heavy (non-hydrogen) atoms. The van der Waals surface area contributed by atoms with Crippen LogP contribution in [0, 0.1) is 0 Å². The van der Waals surface area contributed by atoms with E-state index in [-0.39, 0.29) is 0 Å². The summed E-state index contributed by atoms with van der Waals surface area (Å²) < 4.78 is 4.46. The molecule has 1 aromatic rings. The molecule has 0 amide bonds. The summed E-state index contributed by atoms with van der Waals surface area (Å²) in [4.78, 5) is 0. The standard InChI is InChI=1S/C9H17N2S2/c1-3-13-7-6-10-4-5-11(8-10)9-12-2/h4-5,8H,3,6-7,9H2,1-2H3/q+1. The second-order valence-corrected chi connectivity index (χ2v) is 5.01. The van der Waals surface area contributed by atoms with Gasteiger partial charge in [0.15, 0.2) is 0 Å². The number of imidazole rings is 1. The van der Waals surface area contributed by atoms with Crippen molar-refractivity contribution in [2.75, 3.05) is 17.8 Å². The molecule has 4 heteroatoms. The van der Waals surface area contributed by atoms with E-state index in [1.807, 2.05) is 23.5 Å². The lowest BCUT2D eigenvalue weighted by molar-refractivity contribution is -0.675. The lowest BCUT2D eigenvalue weighted by atomic mass is 10.7. The molecule has 1 rings (SSSR count). The number of hydrogen-bond acceptors (Lipinski definition) is 2. The zero-order chi connectivity index (χ0) is 9.52. The fraction of sp³-hybridized carbons (Fsp3) is 0.667. The van der Waals surface area contributed by atoms with Gasteiger partial charge in [-0.15, -0.1) is 11.8 Å². The Morgan fingerprint density at radius 1 is 1.46 bits per heavy atom. The Morgan fingerprint density at radius 3 is 3.00 bits per heavy atom. The molecule has 0 atom stereocenters. The molecule has 0 N–H and O–H groups in total. The van der Waals surface area contributed by atoms with Crippen LogP contribution in [0.5, 0.6) is 0 Å². The van der Waals surface area contributed by atoms with Crippen molar-refractivity contribution in [3.05, 3.63) is 18.7 Å². The summed E-state index contributed by atoms with van der Waals surface area (Å²) in [5.41, 5.74) is 0. The minimum Gasteiger partial charge on any atom is -0.236 e. The molecule has 1 heterocycles. The van der Waals surface area contributed by atoms with Gasteiger partial charge in [0, 0.05) is 5.75 Å². The van der Waals surface area contributed by atoms with Gasteiger partial charge in [0.05, 0.1) is 6.54 Å². The van der Waals surface area contributed by atoms with Crippen LogP contribution in [-0.4, -0.2) is 22.3 Å². The molecule has 0 unspecified atom stereocenters. The average molecular weight is 217 g/mol. The predicted molar refractivity (Wildman–Crippen MR) is 61.1 cm³/mol. The van der Waals surface area contributed by atoms with Crippen LogP contribution in [0.25, 0.3) is 0 Å². The van der Waals surface area contributed by atoms with Crippen LogP contribution < -0.4 is 4.57 Å². The molecular weight excluding hydrogens is 200 g/mol. The molecule has 74 valence electrons. The van der Waals surface area contributed by atoms with E-state index in [2.05, 4.69) is 41.0 Å². The molecule has 0 aliphatic carbocycles. The monoisotopic (exact) mass is 217 g/mol. The SMILES string of the molecule is CCSCCn1cc[n+](CSC)c1. The van der Waals surface area contributed by atoms with Crippen molar-refractivity contribution in [1.29, 1.82) is 0 Å². The van der Waals surface area contributed by atoms with E-state index >= 15 is 0 Å². The van der Waals surface area contributed by atoms with Gasteiger partial charge in [-0.3, -0.25) is 0 Å². The molecule has 2 nitrogen and oxygen atoms in total. The smallest absolute Gasteiger partial charge is 0.236 e. The first kappa shape index (κ1) is 11.0. The quantitative estimate of drug-likeness (QED) is 0.531. The highest BCUT2D eigenvalue weighted by atomic mass is 32.2. The maximum absolute atomic E-state index is 2.25. The summed E-state index contributed by atoms with van der Waals surface area (Å²) in [5, 5.41) is 0. The van der Waals surface area contributed by atoms with Gasteiger partial charge in [-0.05, 0) is 12.0 Å². The first-order valence-corrected chi connectivity index (χ1v) is 7.03. The fourth-order valence-electron chi connectivity index (χ4n) is 1.11. The third-order valence-corrected chi connectivity index (χ3v) is 3.16. The maximum atomic E-state index is 2.25. The van der Waals surface area contributed by atoms with E-state index in [1.54, 1.807) is 0 Å². The molecule has 0 aliphatic rings. The van der Waals surface area contributed by atoms with E-state index in [4.69, 9.17) is 0 Å². The van der Waals surface area contributed by atoms with Gasteiger partial charge < -0.3 is 0 Å². The van der Waals surface area contributed by atoms with E-state index in [9.17, 15) is 0 Å². The first-order valence-electron chi connectivity index (χ1n) is 4.48. The van der Waals surface area contributed by atoms with Crippen molar-refractivity contribution < 1.29 is 4.57 Å². The fourth-order valence-corrected chi connectivity index (χ4v) is 2.19. The second kappa shape index (κ2) is 6.38. The largest absolute Gasteiger partial charge is 0.244 e. The van der Waals surface area contributed by atoms with E-state index < -0.39 is 0 Å². The van der Waals surface area contributed by atoms with Crippen LogP contribution in [-0.2, 0) is 12.4 Å². The Labute approximate surface area is 88.7 Å². The lowest BCUT2D eigenvalue weighted by Gasteiger charge is -1.94. The van der Waals surface area contributed by atoms with Crippen molar-refractivity contribution in [2.24, 2.45) is 0 Å². The van der Waals surface area contributed by atoms with E-state index in [0.717, 1.165) is 12.4 Å². The minimum absolute atomic E-state index is 1.05. The molecule has 1 aromatic heterocycles. The van der Waals surface area contributed by atoms with Gasteiger partial charge in [0.2, 0.25) is 6.33 Å². The molecule has 0 saturated carbocycles. The van der Waals surface area contributed by atoms with Crippen LogP contribution in [0.2, 0.25) is 0 Å². The van der Waals surface area contributed by atoms with Crippen molar-refractivity contribution in [2.45, 2.75) is 19.3 Å². The third kappa shape index (κ3) is 4.09. The van der Waals surface area contributed by atoms with Crippen LogP contribution in [0.1, 0.15) is 6.92 Å². The zero-order valence-electron chi connectivity index (χ0n) is 8.27. The highest BCUT2D eigenvalue weighted by molar-refractivity contribution is 7.99. The number of rotatable bonds is 6. The van der Waals surface area contributed by atoms with Crippen molar-refractivity contribution in [1.82, 2.24) is 4.57 Å². The Balaban J connectivity index is 2.31. The Morgan fingerprint density at radius 2 is 2.31 bits per heavy atom. The van der Waals surface area contributed by atoms with Crippen molar-refractivity contribution >= 4 is 23.5 Å². The Hall–Kier alpha value is -0.0900. The summed E-state index contributed by atoms with van der Waals surface area (Å²) in [6.45, 7) is 3.33. The highest BCUT2D eigenvalue weighted by Gasteiger charge is 2.01. The molecule has 0 fully saturated rings. The first-order chi connectivity index (χ1) is 6.36. The molecule has 0 saturated heterocycles. The average Bonchev–Trinajstić information content (AvgIpc) is 2.54. The summed E-state index contributed by atoms with van der Waals surface area (Å²) in [5.74, 6) is 3.48. The third-order valence-electron chi connectivity index (χ3n) is 1.72. The molecule has 0 aliphatic heterocycles. The molecular formula is C9H17N2S2+. The number of aryl methyl sites for hydroxylation is 1. The number of nitrogens with zero attached hydrogens (tertiary/aromatic N) is 2. The minimum atomic E-state index is 1.05. The van der Waals surface area contributed by atoms with Gasteiger partial charge in [-0.25, -0.2) is 9.13 Å². The van der Waals surface area contributed by atoms with Gasteiger partial charge in [-0.2, -0.15) is 11.8 Å². The zero-order valence-corrected chi connectivity index (χ0v) is 9.90. The van der Waals surface area contributed by atoms with E-state index in [1.165, 1.54) is 11.5 Å². The van der Waals surface area contributed by atoms with Crippen molar-refractivity contribution in [3.63, 3.8) is 0 Å². The van der Waals surface area contributed by atoms with Gasteiger partial charge in [-0.1, -0.05) is 6.92 Å². The maximum Gasteiger partial charge on any atom is 0.244 e. The Kier molecular flexibility index (Phi) is 5.39. The number of thioether (sulfide) groups is 2. The molecule has 0 spiro atoms. The van der Waals surface area contributed by atoms with Gasteiger partial charge in [0.1, 0.15) is 18.3 Å². The topological polar surface area (TPSA) is 8.81 Å².